The largest absolute Gasteiger partial charge is 0.478 e. The van der Waals surface area contributed by atoms with Gasteiger partial charge in [0.15, 0.2) is 0 Å². The standard InChI is InChI=1S/C14H25NO4.ClH/c1-5-15(6-2)9-7-8-11(3)12(10-13(16)17)14(18)19-4;/h10-11H,5-9H2,1-4H3,(H,16,17);1H/b12-10+;. The van der Waals surface area contributed by atoms with Gasteiger partial charge in [0.2, 0.25) is 0 Å². The maximum atomic E-state index is 11.5. The highest BCUT2D eigenvalue weighted by Gasteiger charge is 2.19. The average Bonchev–Trinajstić information content (AvgIpc) is 2.39. The number of carboxylic acids is 1. The molecule has 1 atom stereocenters. The van der Waals surface area contributed by atoms with E-state index in [1.54, 1.807) is 0 Å². The van der Waals surface area contributed by atoms with Gasteiger partial charge in [-0.05, 0) is 38.4 Å². The number of carbonyl (C=O) groups is 2. The van der Waals surface area contributed by atoms with Crippen LogP contribution < -0.4 is 0 Å². The second-order valence-electron chi connectivity index (χ2n) is 4.50. The fourth-order valence-electron chi connectivity index (χ4n) is 1.97. The summed E-state index contributed by atoms with van der Waals surface area (Å²) < 4.78 is 4.62. The molecule has 0 aromatic rings. The minimum Gasteiger partial charge on any atom is -0.478 e. The summed E-state index contributed by atoms with van der Waals surface area (Å²) in [5.41, 5.74) is 0.231. The van der Waals surface area contributed by atoms with Crippen LogP contribution >= 0.6 is 12.4 Å². The Labute approximate surface area is 127 Å². The lowest BCUT2D eigenvalue weighted by atomic mass is 9.95. The van der Waals surface area contributed by atoms with E-state index in [1.165, 1.54) is 7.11 Å². The van der Waals surface area contributed by atoms with Gasteiger partial charge >= 0.3 is 11.9 Å². The number of hydrogen-bond acceptors (Lipinski definition) is 4. The van der Waals surface area contributed by atoms with Crippen LogP contribution in [-0.2, 0) is 14.3 Å². The average molecular weight is 308 g/mol. The van der Waals surface area contributed by atoms with Crippen molar-refractivity contribution in [1.29, 1.82) is 0 Å². The van der Waals surface area contributed by atoms with Crippen LogP contribution in [0, 0.1) is 5.92 Å². The molecule has 1 unspecified atom stereocenters. The highest BCUT2D eigenvalue weighted by molar-refractivity contribution is 5.96. The number of halogens is 1. The SMILES string of the molecule is CCN(CC)CCCC(C)/C(=C\C(=O)O)C(=O)OC.Cl. The lowest BCUT2D eigenvalue weighted by Gasteiger charge is -2.19. The van der Waals surface area contributed by atoms with Crippen LogP contribution in [0.25, 0.3) is 0 Å². The molecule has 0 amide bonds. The van der Waals surface area contributed by atoms with Gasteiger partial charge < -0.3 is 14.7 Å². The van der Waals surface area contributed by atoms with E-state index in [0.717, 1.165) is 38.6 Å². The molecule has 118 valence electrons. The second-order valence-corrected chi connectivity index (χ2v) is 4.50. The lowest BCUT2D eigenvalue weighted by Crippen LogP contribution is -2.24. The van der Waals surface area contributed by atoms with E-state index in [9.17, 15) is 9.59 Å². The fraction of sp³-hybridized carbons (Fsp3) is 0.714. The van der Waals surface area contributed by atoms with Gasteiger partial charge in [0.1, 0.15) is 0 Å². The number of esters is 1. The van der Waals surface area contributed by atoms with E-state index >= 15 is 0 Å². The summed E-state index contributed by atoms with van der Waals surface area (Å²) in [5.74, 6) is -1.78. The zero-order chi connectivity index (χ0) is 14.8. The lowest BCUT2D eigenvalue weighted by molar-refractivity contribution is -0.138. The molecule has 0 aliphatic heterocycles. The Morgan fingerprint density at radius 3 is 2.25 bits per heavy atom. The summed E-state index contributed by atoms with van der Waals surface area (Å²) in [6.45, 7) is 9.03. The Morgan fingerprint density at radius 1 is 1.30 bits per heavy atom. The molecule has 0 heterocycles. The first-order valence-corrected chi connectivity index (χ1v) is 6.71. The van der Waals surface area contributed by atoms with Crippen molar-refractivity contribution < 1.29 is 19.4 Å². The minimum atomic E-state index is -1.11. The van der Waals surface area contributed by atoms with E-state index < -0.39 is 11.9 Å². The fourth-order valence-corrected chi connectivity index (χ4v) is 1.97. The molecule has 0 spiro atoms. The topological polar surface area (TPSA) is 66.8 Å². The molecular weight excluding hydrogens is 282 g/mol. The van der Waals surface area contributed by atoms with E-state index in [1.807, 2.05) is 6.92 Å². The zero-order valence-corrected chi connectivity index (χ0v) is 13.5. The van der Waals surface area contributed by atoms with Crippen LogP contribution in [0.5, 0.6) is 0 Å². The molecule has 0 saturated carbocycles. The molecule has 6 heteroatoms. The Hall–Kier alpha value is -1.07. The molecule has 0 fully saturated rings. The maximum absolute atomic E-state index is 11.5. The number of rotatable bonds is 9. The summed E-state index contributed by atoms with van der Waals surface area (Å²) in [6, 6.07) is 0. The van der Waals surface area contributed by atoms with Crippen molar-refractivity contribution in [2.75, 3.05) is 26.7 Å². The molecule has 0 aliphatic rings. The number of hydrogen-bond donors (Lipinski definition) is 1. The molecule has 5 nitrogen and oxygen atoms in total. The van der Waals surface area contributed by atoms with Crippen molar-refractivity contribution in [2.45, 2.75) is 33.6 Å². The quantitative estimate of drug-likeness (QED) is 0.523. The second kappa shape index (κ2) is 11.7. The summed E-state index contributed by atoms with van der Waals surface area (Å²) >= 11 is 0. The normalized spacial score (nSPS) is 12.8. The van der Waals surface area contributed by atoms with Crippen molar-refractivity contribution in [3.05, 3.63) is 11.6 Å². The Kier molecular flexibility index (Phi) is 12.5. The van der Waals surface area contributed by atoms with Crippen LogP contribution in [0.2, 0.25) is 0 Å². The Morgan fingerprint density at radius 2 is 1.85 bits per heavy atom. The number of nitrogens with zero attached hydrogens (tertiary/aromatic N) is 1. The van der Waals surface area contributed by atoms with Crippen molar-refractivity contribution in [2.24, 2.45) is 5.92 Å². The third-order valence-corrected chi connectivity index (χ3v) is 3.24. The van der Waals surface area contributed by atoms with Gasteiger partial charge in [0.25, 0.3) is 0 Å². The third kappa shape index (κ3) is 8.17. The van der Waals surface area contributed by atoms with Gasteiger partial charge in [0, 0.05) is 11.6 Å². The predicted molar refractivity (Wildman–Crippen MR) is 81.2 cm³/mol. The molecule has 0 rings (SSSR count). The highest BCUT2D eigenvalue weighted by Crippen LogP contribution is 2.18. The maximum Gasteiger partial charge on any atom is 0.334 e. The van der Waals surface area contributed by atoms with E-state index in [0.29, 0.717) is 0 Å². The smallest absolute Gasteiger partial charge is 0.334 e. The number of ether oxygens (including phenoxy) is 1. The van der Waals surface area contributed by atoms with Gasteiger partial charge in [-0.3, -0.25) is 0 Å². The molecule has 1 N–H and O–H groups in total. The minimum absolute atomic E-state index is 0. The summed E-state index contributed by atoms with van der Waals surface area (Å²) in [6.07, 6.45) is 2.65. The highest BCUT2D eigenvalue weighted by atomic mass is 35.5. The van der Waals surface area contributed by atoms with Crippen molar-refractivity contribution in [1.82, 2.24) is 4.90 Å². The molecular formula is C14H26ClNO4. The van der Waals surface area contributed by atoms with E-state index in [-0.39, 0.29) is 23.9 Å². The summed E-state index contributed by atoms with van der Waals surface area (Å²) in [5, 5.41) is 8.77. The first kappa shape index (κ1) is 21.2. The van der Waals surface area contributed by atoms with Crippen molar-refractivity contribution in [3.63, 3.8) is 0 Å². The summed E-state index contributed by atoms with van der Waals surface area (Å²) in [4.78, 5) is 24.5. The predicted octanol–water partition coefficient (Wildman–Crippen LogP) is 2.35. The summed E-state index contributed by atoms with van der Waals surface area (Å²) in [7, 11) is 1.26. The number of methoxy groups -OCH3 is 1. The van der Waals surface area contributed by atoms with Crippen LogP contribution in [-0.4, -0.2) is 48.7 Å². The molecule has 20 heavy (non-hydrogen) atoms. The van der Waals surface area contributed by atoms with Crippen LogP contribution in [0.15, 0.2) is 11.6 Å². The molecule has 0 bridgehead atoms. The van der Waals surface area contributed by atoms with Gasteiger partial charge in [-0.2, -0.15) is 0 Å². The van der Waals surface area contributed by atoms with E-state index in [2.05, 4.69) is 23.5 Å². The molecule has 0 saturated heterocycles. The van der Waals surface area contributed by atoms with Gasteiger partial charge in [0.05, 0.1) is 7.11 Å². The Balaban J connectivity index is 0. The molecule has 0 radical (unpaired) electrons. The third-order valence-electron chi connectivity index (χ3n) is 3.24. The number of carbonyl (C=O) groups excluding carboxylic acids is 1. The van der Waals surface area contributed by atoms with Crippen molar-refractivity contribution >= 4 is 24.3 Å². The Bertz CT molecular complexity index is 327. The number of aliphatic carboxylic acids is 1. The van der Waals surface area contributed by atoms with E-state index in [4.69, 9.17) is 5.11 Å². The monoisotopic (exact) mass is 307 g/mol. The van der Waals surface area contributed by atoms with Crippen LogP contribution in [0.3, 0.4) is 0 Å². The first-order valence-electron chi connectivity index (χ1n) is 6.71. The van der Waals surface area contributed by atoms with Gasteiger partial charge in [-0.1, -0.05) is 20.8 Å². The molecule has 0 aromatic carbocycles. The molecule has 0 aliphatic carbocycles. The zero-order valence-electron chi connectivity index (χ0n) is 12.7. The van der Waals surface area contributed by atoms with Crippen LogP contribution in [0.4, 0.5) is 0 Å². The number of carboxylic acid groups (broad SMARTS) is 1. The molecule has 0 aromatic heterocycles. The van der Waals surface area contributed by atoms with Gasteiger partial charge in [-0.25, -0.2) is 9.59 Å². The van der Waals surface area contributed by atoms with Gasteiger partial charge in [-0.15, -0.1) is 12.4 Å². The van der Waals surface area contributed by atoms with Crippen molar-refractivity contribution in [3.8, 4) is 0 Å². The van der Waals surface area contributed by atoms with Crippen LogP contribution in [0.1, 0.15) is 33.6 Å². The first-order chi connectivity index (χ1) is 8.96.